The van der Waals surface area contributed by atoms with E-state index in [-0.39, 0.29) is 42.5 Å². The molecule has 14 heteroatoms. The summed E-state index contributed by atoms with van der Waals surface area (Å²) in [5.41, 5.74) is 3.69. The van der Waals surface area contributed by atoms with Gasteiger partial charge in [-0.15, -0.1) is 0 Å². The predicted octanol–water partition coefficient (Wildman–Crippen LogP) is 5.23. The number of anilines is 2. The third-order valence-electron chi connectivity index (χ3n) is 9.09. The Kier molecular flexibility index (Phi) is 10.2. The molecule has 3 amide bonds. The van der Waals surface area contributed by atoms with Crippen LogP contribution in [0.15, 0.2) is 59.9 Å². The van der Waals surface area contributed by atoms with Gasteiger partial charge in [-0.25, -0.2) is 9.78 Å². The summed E-state index contributed by atoms with van der Waals surface area (Å²) in [6.07, 6.45) is 7.62. The van der Waals surface area contributed by atoms with Crippen LogP contribution in [0.4, 0.5) is 17.2 Å². The standard InChI is InChI=1S/C37H41N7O7/c1-22-12-13-44-26(15-22)19-38-28-18-31(30(49-4)17-27(28)36(44)47)51-14-6-7-33(45)40-32-21-43(3)34(41-32)35(46)39-25-10-8-23(9-11-25)24-16-29(37(48)50-5)42(2)20-24/h8-11,16-22,26H,6-7,12-15H2,1-5H3,(H,39,46)(H,40,45)/t22?,26-/m0/s1. The number of hydrogen-bond acceptors (Lipinski definition) is 9. The Morgan fingerprint density at radius 1 is 0.961 bits per heavy atom. The average Bonchev–Trinajstić information content (AvgIpc) is 3.66. The Balaban J connectivity index is 1.00. The molecule has 51 heavy (non-hydrogen) atoms. The monoisotopic (exact) mass is 695 g/mol. The molecule has 0 bridgehead atoms. The van der Waals surface area contributed by atoms with Gasteiger partial charge in [0.15, 0.2) is 17.3 Å². The third-order valence-corrected chi connectivity index (χ3v) is 9.09. The second kappa shape index (κ2) is 14.9. The summed E-state index contributed by atoms with van der Waals surface area (Å²) in [4.78, 5) is 61.9. The molecule has 1 fully saturated rings. The Morgan fingerprint density at radius 3 is 2.49 bits per heavy atom. The minimum atomic E-state index is -0.446. The second-order valence-corrected chi connectivity index (χ2v) is 12.8. The minimum absolute atomic E-state index is 0.0313. The molecule has 2 aromatic carbocycles. The SMILES string of the molecule is COC(=O)c1cc(-c2ccc(NC(=O)c3nc(NC(=O)CCCOc4cc5c(cc4OC)C(=O)N4CCC(C)C[C@H]4C=N5)cn3C)cc2)cn1C. The van der Waals surface area contributed by atoms with E-state index in [1.165, 1.54) is 18.8 Å². The van der Waals surface area contributed by atoms with Crippen LogP contribution in [0.25, 0.3) is 11.1 Å². The van der Waals surface area contributed by atoms with Crippen LogP contribution in [0.1, 0.15) is 64.1 Å². The Labute approximate surface area is 295 Å². The number of methoxy groups -OCH3 is 2. The molecular formula is C37H41N7O7. The van der Waals surface area contributed by atoms with Gasteiger partial charge in [-0.3, -0.25) is 19.4 Å². The Morgan fingerprint density at radius 2 is 1.75 bits per heavy atom. The van der Waals surface area contributed by atoms with Crippen molar-refractivity contribution in [2.24, 2.45) is 25.0 Å². The second-order valence-electron chi connectivity index (χ2n) is 12.8. The number of carbonyl (C=O) groups excluding carboxylic acids is 4. The van der Waals surface area contributed by atoms with E-state index in [0.29, 0.717) is 53.0 Å². The Hall–Kier alpha value is -5.92. The zero-order valence-corrected chi connectivity index (χ0v) is 29.3. The van der Waals surface area contributed by atoms with Crippen molar-refractivity contribution in [1.82, 2.24) is 19.0 Å². The van der Waals surface area contributed by atoms with E-state index in [2.05, 4.69) is 27.5 Å². The van der Waals surface area contributed by atoms with Crippen LogP contribution in [-0.4, -0.2) is 82.3 Å². The van der Waals surface area contributed by atoms with E-state index in [1.807, 2.05) is 29.4 Å². The van der Waals surface area contributed by atoms with Crippen molar-refractivity contribution < 1.29 is 33.4 Å². The number of ether oxygens (including phenoxy) is 3. The van der Waals surface area contributed by atoms with Gasteiger partial charge in [0, 0.05) is 63.0 Å². The van der Waals surface area contributed by atoms with E-state index < -0.39 is 11.9 Å². The summed E-state index contributed by atoms with van der Waals surface area (Å²) in [5.74, 6) is 0.532. The van der Waals surface area contributed by atoms with Gasteiger partial charge in [-0.2, -0.15) is 0 Å². The van der Waals surface area contributed by atoms with Gasteiger partial charge in [0.05, 0.1) is 38.1 Å². The number of piperidine rings is 1. The van der Waals surface area contributed by atoms with Crippen molar-refractivity contribution in [1.29, 1.82) is 0 Å². The molecule has 14 nitrogen and oxygen atoms in total. The van der Waals surface area contributed by atoms with Gasteiger partial charge >= 0.3 is 5.97 Å². The fourth-order valence-corrected chi connectivity index (χ4v) is 6.32. The molecule has 4 aromatic rings. The maximum Gasteiger partial charge on any atom is 0.354 e. The molecule has 2 aliphatic heterocycles. The predicted molar refractivity (Wildman–Crippen MR) is 191 cm³/mol. The first-order valence-electron chi connectivity index (χ1n) is 16.7. The number of benzene rings is 2. The van der Waals surface area contributed by atoms with Gasteiger partial charge in [0.25, 0.3) is 11.8 Å². The number of nitrogens with one attached hydrogen (secondary N) is 2. The molecule has 6 rings (SSSR count). The number of aromatic nitrogens is 3. The number of nitrogens with zero attached hydrogens (tertiary/aromatic N) is 5. The maximum absolute atomic E-state index is 13.3. The molecule has 4 heterocycles. The molecule has 2 atom stereocenters. The first kappa shape index (κ1) is 34.9. The number of rotatable bonds is 11. The van der Waals surface area contributed by atoms with Crippen LogP contribution in [0.5, 0.6) is 11.5 Å². The topological polar surface area (TPSA) is 158 Å². The molecule has 1 saturated heterocycles. The van der Waals surface area contributed by atoms with Crippen molar-refractivity contribution in [2.45, 2.75) is 38.6 Å². The summed E-state index contributed by atoms with van der Waals surface area (Å²) < 4.78 is 19.6. The third kappa shape index (κ3) is 7.64. The molecule has 266 valence electrons. The molecule has 0 aliphatic carbocycles. The molecular weight excluding hydrogens is 654 g/mol. The van der Waals surface area contributed by atoms with Crippen molar-refractivity contribution in [2.75, 3.05) is 38.0 Å². The highest BCUT2D eigenvalue weighted by molar-refractivity contribution is 6.04. The highest BCUT2D eigenvalue weighted by Gasteiger charge is 2.33. The van der Waals surface area contributed by atoms with Gasteiger partial charge in [-0.1, -0.05) is 19.1 Å². The molecule has 2 aromatic heterocycles. The smallest absolute Gasteiger partial charge is 0.354 e. The normalized spacial score (nSPS) is 16.5. The number of aliphatic imine (C=N–C) groups is 1. The van der Waals surface area contributed by atoms with Crippen molar-refractivity contribution >= 4 is 47.1 Å². The molecule has 0 saturated carbocycles. The lowest BCUT2D eigenvalue weighted by molar-refractivity contribution is -0.116. The number of amides is 3. The first-order valence-corrected chi connectivity index (χ1v) is 16.7. The van der Waals surface area contributed by atoms with Gasteiger partial charge in [0.2, 0.25) is 11.7 Å². The van der Waals surface area contributed by atoms with Crippen molar-refractivity contribution in [3.8, 4) is 22.6 Å². The lowest BCUT2D eigenvalue weighted by Gasteiger charge is -2.35. The average molecular weight is 696 g/mol. The van der Waals surface area contributed by atoms with Crippen LogP contribution in [0.2, 0.25) is 0 Å². The number of esters is 1. The molecule has 2 aliphatic rings. The molecule has 0 spiro atoms. The number of hydrogen-bond donors (Lipinski definition) is 2. The molecule has 0 radical (unpaired) electrons. The summed E-state index contributed by atoms with van der Waals surface area (Å²) in [6, 6.07) is 12.3. The summed E-state index contributed by atoms with van der Waals surface area (Å²) in [7, 11) is 6.29. The minimum Gasteiger partial charge on any atom is -0.493 e. The van der Waals surface area contributed by atoms with Gasteiger partial charge < -0.3 is 38.9 Å². The number of aryl methyl sites for hydroxylation is 2. The van der Waals surface area contributed by atoms with Crippen LogP contribution in [-0.2, 0) is 23.6 Å². The van der Waals surface area contributed by atoms with Gasteiger partial charge in [0.1, 0.15) is 5.69 Å². The maximum atomic E-state index is 13.3. The number of fused-ring (bicyclic) bond motifs is 2. The fourth-order valence-electron chi connectivity index (χ4n) is 6.32. The summed E-state index contributed by atoms with van der Waals surface area (Å²) in [6.45, 7) is 3.10. The molecule has 2 N–H and O–H groups in total. The lowest BCUT2D eigenvalue weighted by atomic mass is 9.92. The first-order chi connectivity index (χ1) is 24.5. The zero-order valence-electron chi connectivity index (χ0n) is 29.3. The van der Waals surface area contributed by atoms with E-state index in [4.69, 9.17) is 14.2 Å². The van der Waals surface area contributed by atoms with E-state index >= 15 is 0 Å². The van der Waals surface area contributed by atoms with Crippen LogP contribution < -0.4 is 20.1 Å². The number of imidazole rings is 1. The van der Waals surface area contributed by atoms with Gasteiger partial charge in [-0.05, 0) is 55.0 Å². The Bertz CT molecular complexity index is 2000. The summed E-state index contributed by atoms with van der Waals surface area (Å²) >= 11 is 0. The van der Waals surface area contributed by atoms with Crippen LogP contribution in [0, 0.1) is 5.92 Å². The van der Waals surface area contributed by atoms with E-state index in [0.717, 1.165) is 24.0 Å². The van der Waals surface area contributed by atoms with Crippen molar-refractivity contribution in [3.05, 3.63) is 71.9 Å². The quantitative estimate of drug-likeness (QED) is 0.160. The highest BCUT2D eigenvalue weighted by Crippen LogP contribution is 2.38. The number of carbonyl (C=O) groups is 4. The molecule has 1 unspecified atom stereocenters. The zero-order chi connectivity index (χ0) is 36.2. The van der Waals surface area contributed by atoms with Crippen LogP contribution >= 0.6 is 0 Å². The highest BCUT2D eigenvalue weighted by atomic mass is 16.5. The fraction of sp³-hybridized carbons (Fsp3) is 0.351. The van der Waals surface area contributed by atoms with Crippen molar-refractivity contribution in [3.63, 3.8) is 0 Å². The van der Waals surface area contributed by atoms with Crippen LogP contribution in [0.3, 0.4) is 0 Å². The van der Waals surface area contributed by atoms with E-state index in [1.54, 1.807) is 55.2 Å². The lowest BCUT2D eigenvalue weighted by Crippen LogP contribution is -2.45. The largest absolute Gasteiger partial charge is 0.493 e. The summed E-state index contributed by atoms with van der Waals surface area (Å²) in [5, 5.41) is 5.56. The van der Waals surface area contributed by atoms with E-state index in [9.17, 15) is 19.2 Å².